The monoisotopic (exact) mass is 414 g/mol. The third-order valence-electron chi connectivity index (χ3n) is 7.56. The highest BCUT2D eigenvalue weighted by Gasteiger charge is 2.30. The molecule has 1 fully saturated rings. The first kappa shape index (κ1) is 21.5. The van der Waals surface area contributed by atoms with Crippen LogP contribution in [0.15, 0.2) is 30.3 Å². The van der Waals surface area contributed by atoms with Crippen LogP contribution in [0.2, 0.25) is 0 Å². The highest BCUT2D eigenvalue weighted by atomic mass is 19.2. The molecule has 1 atom stereocenters. The number of fused-ring (bicyclic) bond motifs is 1. The molecule has 4 rings (SSSR count). The molecule has 0 spiro atoms. The van der Waals surface area contributed by atoms with Gasteiger partial charge in [-0.25, -0.2) is 13.2 Å². The lowest BCUT2D eigenvalue weighted by Gasteiger charge is -2.36. The Morgan fingerprint density at radius 1 is 0.767 bits per heavy atom. The van der Waals surface area contributed by atoms with Crippen LogP contribution in [-0.4, -0.2) is 0 Å². The Bertz CT molecular complexity index is 865. The minimum absolute atomic E-state index is 0.333. The summed E-state index contributed by atoms with van der Waals surface area (Å²) in [5.41, 5.74) is 3.05. The van der Waals surface area contributed by atoms with E-state index < -0.39 is 11.6 Å². The van der Waals surface area contributed by atoms with Crippen molar-refractivity contribution in [1.29, 1.82) is 0 Å². The highest BCUT2D eigenvalue weighted by molar-refractivity contribution is 5.66. The zero-order valence-electron chi connectivity index (χ0n) is 18.0. The fraction of sp³-hybridized carbons (Fsp3) is 0.556. The number of benzene rings is 2. The number of rotatable bonds is 6. The average Bonchev–Trinajstić information content (AvgIpc) is 2.75. The van der Waals surface area contributed by atoms with Crippen molar-refractivity contribution in [1.82, 2.24) is 0 Å². The molecule has 30 heavy (non-hydrogen) atoms. The van der Waals surface area contributed by atoms with Gasteiger partial charge >= 0.3 is 0 Å². The second kappa shape index (κ2) is 9.58. The van der Waals surface area contributed by atoms with Gasteiger partial charge in [0.25, 0.3) is 0 Å². The van der Waals surface area contributed by atoms with E-state index in [0.717, 1.165) is 48.8 Å². The molecule has 0 bridgehead atoms. The second-order valence-corrected chi connectivity index (χ2v) is 9.51. The third kappa shape index (κ3) is 4.76. The first-order valence-corrected chi connectivity index (χ1v) is 11.8. The van der Waals surface area contributed by atoms with Gasteiger partial charge in [0.05, 0.1) is 0 Å². The molecule has 2 aromatic rings. The van der Waals surface area contributed by atoms with E-state index >= 15 is 0 Å². The number of halogens is 3. The third-order valence-corrected chi connectivity index (χ3v) is 7.56. The van der Waals surface area contributed by atoms with E-state index in [1.165, 1.54) is 63.0 Å². The standard InChI is InChI=1S/C27H33F3/c1-2-3-4-5-18-6-8-19(9-7-18)20-10-11-21-15-24(26(29)17-23(21)14-20)22-12-13-25(28)27(30)16-22/h12-13,15-20H,2-11,14H2,1H3. The molecule has 0 nitrogen and oxygen atoms in total. The Labute approximate surface area is 178 Å². The number of hydrogen-bond donors (Lipinski definition) is 0. The van der Waals surface area contributed by atoms with Gasteiger partial charge in [-0.3, -0.25) is 0 Å². The lowest BCUT2D eigenvalue weighted by Crippen LogP contribution is -2.26. The molecule has 2 aliphatic rings. The fourth-order valence-electron chi connectivity index (χ4n) is 5.73. The normalized spacial score (nSPS) is 23.9. The van der Waals surface area contributed by atoms with Crippen molar-refractivity contribution in [2.75, 3.05) is 0 Å². The maximum atomic E-state index is 14.8. The largest absolute Gasteiger partial charge is 0.206 e. The van der Waals surface area contributed by atoms with E-state index in [0.29, 0.717) is 17.0 Å². The smallest absolute Gasteiger partial charge is 0.159 e. The van der Waals surface area contributed by atoms with Crippen molar-refractivity contribution >= 4 is 0 Å². The molecule has 0 heterocycles. The molecule has 0 amide bonds. The van der Waals surface area contributed by atoms with Crippen LogP contribution in [0.5, 0.6) is 0 Å². The van der Waals surface area contributed by atoms with E-state index in [4.69, 9.17) is 0 Å². The predicted molar refractivity (Wildman–Crippen MR) is 117 cm³/mol. The molecule has 3 heteroatoms. The number of hydrogen-bond acceptors (Lipinski definition) is 0. The lowest BCUT2D eigenvalue weighted by atomic mass is 9.69. The van der Waals surface area contributed by atoms with Crippen molar-refractivity contribution in [3.8, 4) is 11.1 Å². The average molecular weight is 415 g/mol. The van der Waals surface area contributed by atoms with Gasteiger partial charge in [-0.05, 0) is 90.8 Å². The van der Waals surface area contributed by atoms with Crippen LogP contribution in [0.4, 0.5) is 13.2 Å². The van der Waals surface area contributed by atoms with Gasteiger partial charge in [0.15, 0.2) is 11.6 Å². The Morgan fingerprint density at radius 2 is 1.57 bits per heavy atom. The fourth-order valence-corrected chi connectivity index (χ4v) is 5.73. The molecule has 162 valence electrons. The molecule has 0 N–H and O–H groups in total. The topological polar surface area (TPSA) is 0 Å². The van der Waals surface area contributed by atoms with E-state index in [1.807, 2.05) is 6.07 Å². The summed E-state index contributed by atoms with van der Waals surface area (Å²) in [6.45, 7) is 2.27. The van der Waals surface area contributed by atoms with Gasteiger partial charge in [-0.1, -0.05) is 51.5 Å². The molecule has 0 aliphatic heterocycles. The van der Waals surface area contributed by atoms with Crippen LogP contribution < -0.4 is 0 Å². The molecule has 0 aromatic heterocycles. The number of aryl methyl sites for hydroxylation is 1. The van der Waals surface area contributed by atoms with Crippen LogP contribution >= 0.6 is 0 Å². The van der Waals surface area contributed by atoms with E-state index in [-0.39, 0.29) is 5.82 Å². The maximum absolute atomic E-state index is 14.8. The molecule has 2 aromatic carbocycles. The van der Waals surface area contributed by atoms with Crippen LogP contribution in [0.25, 0.3) is 11.1 Å². The van der Waals surface area contributed by atoms with Crippen molar-refractivity contribution in [3.05, 3.63) is 58.9 Å². The Hall–Kier alpha value is -1.77. The SMILES string of the molecule is CCCCCC1CCC(C2CCc3cc(-c4ccc(F)c(F)c4)c(F)cc3C2)CC1. The van der Waals surface area contributed by atoms with Crippen molar-refractivity contribution in [2.45, 2.75) is 77.6 Å². The first-order valence-electron chi connectivity index (χ1n) is 11.8. The van der Waals surface area contributed by atoms with E-state index in [1.54, 1.807) is 6.07 Å². The van der Waals surface area contributed by atoms with Gasteiger partial charge in [0.2, 0.25) is 0 Å². The van der Waals surface area contributed by atoms with E-state index in [9.17, 15) is 13.2 Å². The summed E-state index contributed by atoms with van der Waals surface area (Å²) in [6.07, 6.45) is 13.9. The zero-order chi connectivity index (χ0) is 21.1. The van der Waals surface area contributed by atoms with E-state index in [2.05, 4.69) is 6.92 Å². The minimum Gasteiger partial charge on any atom is -0.206 e. The van der Waals surface area contributed by atoms with Gasteiger partial charge in [0.1, 0.15) is 5.82 Å². The predicted octanol–water partition coefficient (Wildman–Crippen LogP) is 8.26. The molecule has 1 saturated carbocycles. The quantitative estimate of drug-likeness (QED) is 0.417. The van der Waals surface area contributed by atoms with Crippen molar-refractivity contribution in [2.24, 2.45) is 17.8 Å². The van der Waals surface area contributed by atoms with Crippen molar-refractivity contribution < 1.29 is 13.2 Å². The summed E-state index contributed by atoms with van der Waals surface area (Å²) in [7, 11) is 0. The van der Waals surface area contributed by atoms with Gasteiger partial charge < -0.3 is 0 Å². The van der Waals surface area contributed by atoms with Crippen LogP contribution in [0, 0.1) is 35.2 Å². The number of unbranched alkanes of at least 4 members (excludes halogenated alkanes) is 2. The Balaban J connectivity index is 1.41. The molecule has 1 unspecified atom stereocenters. The summed E-state index contributed by atoms with van der Waals surface area (Å²) in [4.78, 5) is 0. The molecule has 0 radical (unpaired) electrons. The molecular weight excluding hydrogens is 381 g/mol. The lowest BCUT2D eigenvalue weighted by molar-refractivity contribution is 0.183. The first-order chi connectivity index (χ1) is 14.5. The Morgan fingerprint density at radius 3 is 2.30 bits per heavy atom. The summed E-state index contributed by atoms with van der Waals surface area (Å²) in [6, 6.07) is 7.11. The highest BCUT2D eigenvalue weighted by Crippen LogP contribution is 2.41. The van der Waals surface area contributed by atoms with Gasteiger partial charge in [-0.15, -0.1) is 0 Å². The summed E-state index contributed by atoms with van der Waals surface area (Å²) in [5, 5.41) is 0. The minimum atomic E-state index is -0.935. The van der Waals surface area contributed by atoms with Crippen LogP contribution in [0.3, 0.4) is 0 Å². The van der Waals surface area contributed by atoms with Gasteiger partial charge in [0, 0.05) is 5.56 Å². The van der Waals surface area contributed by atoms with Crippen LogP contribution in [-0.2, 0) is 12.8 Å². The maximum Gasteiger partial charge on any atom is 0.159 e. The summed E-state index contributed by atoms with van der Waals surface area (Å²) >= 11 is 0. The molecule has 2 aliphatic carbocycles. The summed E-state index contributed by atoms with van der Waals surface area (Å²) < 4.78 is 41.7. The zero-order valence-corrected chi connectivity index (χ0v) is 18.0. The second-order valence-electron chi connectivity index (χ2n) is 9.51. The Kier molecular flexibility index (Phi) is 6.85. The molecule has 0 saturated heterocycles. The van der Waals surface area contributed by atoms with Crippen molar-refractivity contribution in [3.63, 3.8) is 0 Å². The molecular formula is C27H33F3. The van der Waals surface area contributed by atoms with Gasteiger partial charge in [-0.2, -0.15) is 0 Å². The summed E-state index contributed by atoms with van der Waals surface area (Å²) in [5.74, 6) is 0.173. The van der Waals surface area contributed by atoms with Crippen LogP contribution in [0.1, 0.15) is 75.8 Å².